The number of sulfonamides is 1. The van der Waals surface area contributed by atoms with Crippen LogP contribution in [0.25, 0.3) is 0 Å². The van der Waals surface area contributed by atoms with E-state index in [1.54, 1.807) is 6.07 Å². The minimum absolute atomic E-state index is 0.146. The third kappa shape index (κ3) is 3.01. The van der Waals surface area contributed by atoms with E-state index in [0.29, 0.717) is 0 Å². The highest BCUT2D eigenvalue weighted by atomic mass is 32.2. The van der Waals surface area contributed by atoms with Gasteiger partial charge in [0.15, 0.2) is 0 Å². The first-order valence-electron chi connectivity index (χ1n) is 5.39. The van der Waals surface area contributed by atoms with Gasteiger partial charge in [-0.2, -0.15) is 13.7 Å². The van der Waals surface area contributed by atoms with E-state index in [4.69, 9.17) is 10.4 Å². The van der Waals surface area contributed by atoms with Gasteiger partial charge >= 0.3 is 5.97 Å². The molecule has 21 heavy (non-hydrogen) atoms. The molecule has 2 aromatic rings. The maximum Gasteiger partial charge on any atom is 0.371 e. The van der Waals surface area contributed by atoms with E-state index in [1.807, 2.05) is 4.72 Å². The Kier molecular flexibility index (Phi) is 3.64. The van der Waals surface area contributed by atoms with Crippen molar-refractivity contribution >= 4 is 21.7 Å². The zero-order chi connectivity index (χ0) is 15.6. The highest BCUT2D eigenvalue weighted by Gasteiger charge is 2.22. The molecular formula is C12H7FN2O5S. The molecule has 0 bridgehead atoms. The van der Waals surface area contributed by atoms with Gasteiger partial charge in [0.05, 0.1) is 11.3 Å². The summed E-state index contributed by atoms with van der Waals surface area (Å²) in [6, 6.07) is 6.50. The van der Waals surface area contributed by atoms with E-state index < -0.39 is 32.7 Å². The van der Waals surface area contributed by atoms with E-state index in [-0.39, 0.29) is 11.3 Å². The Morgan fingerprint density at radius 3 is 2.62 bits per heavy atom. The highest BCUT2D eigenvalue weighted by molar-refractivity contribution is 7.92. The van der Waals surface area contributed by atoms with E-state index in [0.717, 1.165) is 30.3 Å². The average molecular weight is 310 g/mol. The Bertz CT molecular complexity index is 851. The zero-order valence-corrected chi connectivity index (χ0v) is 11.0. The monoisotopic (exact) mass is 310 g/mol. The summed E-state index contributed by atoms with van der Waals surface area (Å²) in [5.74, 6) is -2.66. The Hall–Kier alpha value is -2.86. The van der Waals surface area contributed by atoms with Gasteiger partial charge in [-0.3, -0.25) is 4.72 Å². The van der Waals surface area contributed by atoms with Crippen molar-refractivity contribution in [3.63, 3.8) is 0 Å². The topological polar surface area (TPSA) is 120 Å². The lowest BCUT2D eigenvalue weighted by atomic mass is 10.2. The van der Waals surface area contributed by atoms with Crippen molar-refractivity contribution in [2.75, 3.05) is 4.72 Å². The molecule has 0 fully saturated rings. The Balaban J connectivity index is 2.37. The molecule has 7 nitrogen and oxygen atoms in total. The van der Waals surface area contributed by atoms with Crippen LogP contribution in [0.4, 0.5) is 10.1 Å². The lowest BCUT2D eigenvalue weighted by Gasteiger charge is -2.07. The summed E-state index contributed by atoms with van der Waals surface area (Å²) in [6.07, 6.45) is 0. The van der Waals surface area contributed by atoms with Crippen LogP contribution in [-0.2, 0) is 10.0 Å². The fourth-order valence-corrected chi connectivity index (χ4v) is 2.49. The molecule has 1 aromatic carbocycles. The van der Waals surface area contributed by atoms with Crippen molar-refractivity contribution in [3.05, 3.63) is 47.5 Å². The molecule has 0 spiro atoms. The fourth-order valence-electron chi connectivity index (χ4n) is 1.47. The van der Waals surface area contributed by atoms with Gasteiger partial charge in [-0.15, -0.1) is 0 Å². The van der Waals surface area contributed by atoms with Gasteiger partial charge in [0.1, 0.15) is 11.9 Å². The number of anilines is 1. The molecule has 0 aliphatic heterocycles. The molecule has 2 N–H and O–H groups in total. The van der Waals surface area contributed by atoms with Gasteiger partial charge in [0.25, 0.3) is 10.0 Å². The van der Waals surface area contributed by atoms with E-state index >= 15 is 0 Å². The molecule has 0 aliphatic rings. The lowest BCUT2D eigenvalue weighted by Crippen LogP contribution is -2.13. The first kappa shape index (κ1) is 14.5. The SMILES string of the molecule is N#Cc1cc(F)ccc1NS(=O)(=O)c1ccc(C(=O)O)o1. The number of carboxylic acids is 1. The minimum Gasteiger partial charge on any atom is -0.475 e. The number of hydrogen-bond acceptors (Lipinski definition) is 5. The predicted molar refractivity (Wildman–Crippen MR) is 67.6 cm³/mol. The molecule has 0 amide bonds. The summed E-state index contributed by atoms with van der Waals surface area (Å²) >= 11 is 0. The van der Waals surface area contributed by atoms with E-state index in [9.17, 15) is 17.6 Å². The van der Waals surface area contributed by atoms with Crippen molar-refractivity contribution in [3.8, 4) is 6.07 Å². The molecular weight excluding hydrogens is 303 g/mol. The third-order valence-corrected chi connectivity index (χ3v) is 3.64. The van der Waals surface area contributed by atoms with Crippen LogP contribution in [-0.4, -0.2) is 19.5 Å². The van der Waals surface area contributed by atoms with Crippen LogP contribution in [0.2, 0.25) is 0 Å². The molecule has 108 valence electrons. The van der Waals surface area contributed by atoms with Gasteiger partial charge in [0.2, 0.25) is 10.9 Å². The largest absolute Gasteiger partial charge is 0.475 e. The molecule has 0 saturated carbocycles. The number of hydrogen-bond donors (Lipinski definition) is 2. The number of furan rings is 1. The van der Waals surface area contributed by atoms with E-state index in [2.05, 4.69) is 4.42 Å². The molecule has 0 atom stereocenters. The van der Waals surface area contributed by atoms with Crippen LogP contribution in [0, 0.1) is 17.1 Å². The second kappa shape index (κ2) is 5.26. The zero-order valence-electron chi connectivity index (χ0n) is 10.2. The van der Waals surface area contributed by atoms with Gasteiger partial charge in [0, 0.05) is 0 Å². The Labute approximate surface area is 118 Å². The summed E-state index contributed by atoms with van der Waals surface area (Å²) in [6.45, 7) is 0. The molecule has 2 rings (SSSR count). The quantitative estimate of drug-likeness (QED) is 0.888. The number of halogens is 1. The van der Waals surface area contributed by atoms with Gasteiger partial charge < -0.3 is 9.52 Å². The van der Waals surface area contributed by atoms with Crippen LogP contribution in [0.5, 0.6) is 0 Å². The molecule has 9 heteroatoms. The molecule has 0 saturated heterocycles. The maximum absolute atomic E-state index is 13.0. The van der Waals surface area contributed by atoms with Crippen LogP contribution in [0.3, 0.4) is 0 Å². The molecule has 0 radical (unpaired) electrons. The summed E-state index contributed by atoms with van der Waals surface area (Å²) in [4.78, 5) is 10.6. The maximum atomic E-state index is 13.0. The van der Waals surface area contributed by atoms with Crippen LogP contribution < -0.4 is 4.72 Å². The Morgan fingerprint density at radius 1 is 1.33 bits per heavy atom. The van der Waals surface area contributed by atoms with Crippen LogP contribution in [0.15, 0.2) is 39.8 Å². The van der Waals surface area contributed by atoms with Gasteiger partial charge in [-0.1, -0.05) is 0 Å². The van der Waals surface area contributed by atoms with Gasteiger partial charge in [-0.25, -0.2) is 9.18 Å². The number of nitriles is 1. The Morgan fingerprint density at radius 2 is 2.05 bits per heavy atom. The molecule has 0 aliphatic carbocycles. The smallest absolute Gasteiger partial charge is 0.371 e. The summed E-state index contributed by atoms with van der Waals surface area (Å²) in [5, 5.41) is 16.9. The fraction of sp³-hybridized carbons (Fsp3) is 0. The van der Waals surface area contributed by atoms with Crippen molar-refractivity contribution in [2.45, 2.75) is 5.09 Å². The van der Waals surface area contributed by atoms with Crippen molar-refractivity contribution in [2.24, 2.45) is 0 Å². The predicted octanol–water partition coefficient (Wildman–Crippen LogP) is 1.79. The number of benzene rings is 1. The summed E-state index contributed by atoms with van der Waals surface area (Å²) in [7, 11) is -4.23. The second-order valence-electron chi connectivity index (χ2n) is 3.83. The molecule has 1 heterocycles. The minimum atomic E-state index is -4.23. The summed E-state index contributed by atoms with van der Waals surface area (Å²) < 4.78 is 43.7. The molecule has 0 unspecified atom stereocenters. The first-order chi connectivity index (χ1) is 9.83. The lowest BCUT2D eigenvalue weighted by molar-refractivity contribution is 0.0656. The normalized spacial score (nSPS) is 10.9. The number of aromatic carboxylic acids is 1. The van der Waals surface area contributed by atoms with Crippen molar-refractivity contribution in [1.29, 1.82) is 5.26 Å². The standard InChI is InChI=1S/C12H7FN2O5S/c13-8-1-2-9(7(5-8)6-14)15-21(18,19)11-4-3-10(20-11)12(16)17/h1-5,15H,(H,16,17). The number of nitrogens with zero attached hydrogens (tertiary/aromatic N) is 1. The van der Waals surface area contributed by atoms with Gasteiger partial charge in [-0.05, 0) is 30.3 Å². The second-order valence-corrected chi connectivity index (χ2v) is 5.44. The first-order valence-corrected chi connectivity index (χ1v) is 6.87. The highest BCUT2D eigenvalue weighted by Crippen LogP contribution is 2.22. The molecule has 1 aromatic heterocycles. The van der Waals surface area contributed by atoms with E-state index in [1.165, 1.54) is 0 Å². The number of rotatable bonds is 4. The average Bonchev–Trinajstić information content (AvgIpc) is 2.91. The van der Waals surface area contributed by atoms with Crippen molar-refractivity contribution < 1.29 is 27.1 Å². The van der Waals surface area contributed by atoms with Crippen LogP contribution in [0.1, 0.15) is 16.1 Å². The van der Waals surface area contributed by atoms with Crippen molar-refractivity contribution in [1.82, 2.24) is 0 Å². The number of carboxylic acid groups (broad SMARTS) is 1. The summed E-state index contributed by atoms with van der Waals surface area (Å²) in [5.41, 5.74) is -0.365. The van der Waals surface area contributed by atoms with Crippen LogP contribution >= 0.6 is 0 Å². The number of carbonyl (C=O) groups is 1. The third-order valence-electron chi connectivity index (χ3n) is 2.40. The number of nitrogens with one attached hydrogen (secondary N) is 1.